The molecule has 1 N–H and O–H groups in total. The summed E-state index contributed by atoms with van der Waals surface area (Å²) in [6, 6.07) is 15.9. The van der Waals surface area contributed by atoms with Crippen molar-refractivity contribution in [3.63, 3.8) is 0 Å². The van der Waals surface area contributed by atoms with Crippen LogP contribution in [0, 0.1) is 0 Å². The van der Waals surface area contributed by atoms with Gasteiger partial charge in [-0.1, -0.05) is 18.2 Å². The molecular weight excluding hydrogens is 403 g/mol. The fourth-order valence-electron chi connectivity index (χ4n) is 3.92. The van der Waals surface area contributed by atoms with Crippen LogP contribution >= 0.6 is 47.9 Å². The van der Waals surface area contributed by atoms with E-state index in [2.05, 4.69) is 58.1 Å². The van der Waals surface area contributed by atoms with Crippen molar-refractivity contribution in [2.45, 2.75) is 16.6 Å². The number of piperazine rings is 1. The van der Waals surface area contributed by atoms with Gasteiger partial charge in [-0.05, 0) is 52.6 Å². The third-order valence-electron chi connectivity index (χ3n) is 5.10. The van der Waals surface area contributed by atoms with Gasteiger partial charge in [-0.25, -0.2) is 0 Å². The maximum Gasteiger partial charge on any atom is 0.0411 e. The highest BCUT2D eigenvalue weighted by atomic mass is 35.5. The molecule has 5 rings (SSSR count). The highest BCUT2D eigenvalue weighted by Crippen LogP contribution is 2.50. The van der Waals surface area contributed by atoms with E-state index in [9.17, 15) is 0 Å². The SMILES string of the molecule is Cl.Cl.c1cc2c(c(N3CCNCC3)c1)CC(c1cccc3sccc13)S2. The summed E-state index contributed by atoms with van der Waals surface area (Å²) in [5.41, 5.74) is 4.52. The molecule has 0 radical (unpaired) electrons. The molecule has 3 heterocycles. The molecule has 1 aromatic heterocycles. The Morgan fingerprint density at radius 2 is 1.77 bits per heavy atom. The second kappa shape index (κ2) is 8.41. The van der Waals surface area contributed by atoms with E-state index < -0.39 is 0 Å². The van der Waals surface area contributed by atoms with Gasteiger partial charge in [0, 0.05) is 46.7 Å². The van der Waals surface area contributed by atoms with Crippen molar-refractivity contribution in [2.24, 2.45) is 0 Å². The van der Waals surface area contributed by atoms with Crippen LogP contribution in [0.1, 0.15) is 16.4 Å². The molecule has 2 aliphatic rings. The van der Waals surface area contributed by atoms with E-state index in [1.807, 2.05) is 23.1 Å². The number of benzene rings is 2. The lowest BCUT2D eigenvalue weighted by Gasteiger charge is -2.31. The van der Waals surface area contributed by atoms with Gasteiger partial charge < -0.3 is 10.2 Å². The van der Waals surface area contributed by atoms with E-state index >= 15 is 0 Å². The predicted octanol–water partition coefficient (Wildman–Crippen LogP) is 5.54. The number of anilines is 1. The molecule has 2 nitrogen and oxygen atoms in total. The van der Waals surface area contributed by atoms with Gasteiger partial charge in [-0.15, -0.1) is 47.9 Å². The smallest absolute Gasteiger partial charge is 0.0411 e. The standard InChI is InChI=1S/C20H20N2S2.2ClH/c1-3-14(15-7-12-23-18(15)5-1)20-13-16-17(4-2-6-19(16)24-20)22-10-8-21-9-11-22;;/h1-7,12,20-21H,8-11,13H2;2*1H. The van der Waals surface area contributed by atoms with Crippen molar-refractivity contribution in [3.8, 4) is 0 Å². The monoisotopic (exact) mass is 424 g/mol. The largest absolute Gasteiger partial charge is 0.369 e. The third kappa shape index (κ3) is 3.46. The number of halogens is 2. The summed E-state index contributed by atoms with van der Waals surface area (Å²) in [5.74, 6) is 0. The molecule has 2 aliphatic heterocycles. The van der Waals surface area contributed by atoms with Crippen LogP contribution in [0.3, 0.4) is 0 Å². The van der Waals surface area contributed by atoms with Crippen molar-refractivity contribution < 1.29 is 0 Å². The van der Waals surface area contributed by atoms with Crippen LogP contribution in [0.25, 0.3) is 10.1 Å². The Hall–Kier alpha value is -0.910. The zero-order chi connectivity index (χ0) is 15.9. The Balaban J connectivity index is 0.000000980. The van der Waals surface area contributed by atoms with Crippen molar-refractivity contribution in [1.29, 1.82) is 0 Å². The summed E-state index contributed by atoms with van der Waals surface area (Å²) in [5, 5.41) is 7.66. The summed E-state index contributed by atoms with van der Waals surface area (Å²) in [6.07, 6.45) is 1.15. The molecule has 1 saturated heterocycles. The fraction of sp³-hybridized carbons (Fsp3) is 0.300. The van der Waals surface area contributed by atoms with Gasteiger partial charge in [0.25, 0.3) is 0 Å². The summed E-state index contributed by atoms with van der Waals surface area (Å²) in [6.45, 7) is 4.42. The summed E-state index contributed by atoms with van der Waals surface area (Å²) >= 11 is 3.89. The quantitative estimate of drug-likeness (QED) is 0.580. The number of fused-ring (bicyclic) bond motifs is 2. The predicted molar refractivity (Wildman–Crippen MR) is 120 cm³/mol. The van der Waals surface area contributed by atoms with E-state index in [-0.39, 0.29) is 24.8 Å². The van der Waals surface area contributed by atoms with E-state index in [1.54, 1.807) is 5.56 Å². The average molecular weight is 425 g/mol. The van der Waals surface area contributed by atoms with Crippen molar-refractivity contribution in [2.75, 3.05) is 31.1 Å². The molecule has 0 bridgehead atoms. The van der Waals surface area contributed by atoms with Gasteiger partial charge in [-0.2, -0.15) is 0 Å². The highest BCUT2D eigenvalue weighted by molar-refractivity contribution is 7.99. The van der Waals surface area contributed by atoms with Crippen molar-refractivity contribution in [1.82, 2.24) is 5.32 Å². The van der Waals surface area contributed by atoms with Gasteiger partial charge in [0.2, 0.25) is 0 Å². The lowest BCUT2D eigenvalue weighted by Crippen LogP contribution is -2.43. The van der Waals surface area contributed by atoms with Gasteiger partial charge in [-0.3, -0.25) is 0 Å². The molecule has 6 heteroatoms. The molecule has 1 unspecified atom stereocenters. The topological polar surface area (TPSA) is 15.3 Å². The summed E-state index contributed by atoms with van der Waals surface area (Å²) in [7, 11) is 0. The minimum Gasteiger partial charge on any atom is -0.369 e. The first kappa shape index (κ1) is 19.8. The molecule has 1 fully saturated rings. The van der Waals surface area contributed by atoms with Gasteiger partial charge in [0.05, 0.1) is 0 Å². The Labute approximate surface area is 175 Å². The van der Waals surface area contributed by atoms with Crippen LogP contribution < -0.4 is 10.2 Å². The first-order valence-electron chi connectivity index (χ1n) is 8.60. The van der Waals surface area contributed by atoms with E-state index in [0.717, 1.165) is 32.6 Å². The van der Waals surface area contributed by atoms with Crippen LogP contribution in [-0.2, 0) is 6.42 Å². The number of nitrogens with one attached hydrogen (secondary N) is 1. The first-order chi connectivity index (χ1) is 11.9. The maximum atomic E-state index is 3.46. The van der Waals surface area contributed by atoms with Crippen LogP contribution in [0.2, 0.25) is 0 Å². The Morgan fingerprint density at radius 1 is 0.962 bits per heavy atom. The molecule has 3 aromatic rings. The lowest BCUT2D eigenvalue weighted by molar-refractivity contribution is 0.587. The number of hydrogen-bond acceptors (Lipinski definition) is 4. The van der Waals surface area contributed by atoms with Crippen LogP contribution in [-0.4, -0.2) is 26.2 Å². The molecule has 26 heavy (non-hydrogen) atoms. The molecule has 0 saturated carbocycles. The zero-order valence-corrected chi connectivity index (χ0v) is 17.6. The van der Waals surface area contributed by atoms with E-state index in [0.29, 0.717) is 5.25 Å². The van der Waals surface area contributed by atoms with E-state index in [4.69, 9.17) is 0 Å². The zero-order valence-electron chi connectivity index (χ0n) is 14.3. The maximum absolute atomic E-state index is 3.46. The van der Waals surface area contributed by atoms with Gasteiger partial charge >= 0.3 is 0 Å². The molecule has 0 aliphatic carbocycles. The summed E-state index contributed by atoms with van der Waals surface area (Å²) < 4.78 is 1.41. The number of rotatable bonds is 2. The average Bonchev–Trinajstić information content (AvgIpc) is 3.28. The van der Waals surface area contributed by atoms with E-state index in [1.165, 1.54) is 26.2 Å². The molecule has 0 spiro atoms. The first-order valence-corrected chi connectivity index (χ1v) is 10.4. The Morgan fingerprint density at radius 3 is 2.62 bits per heavy atom. The minimum atomic E-state index is 0. The molecule has 0 amide bonds. The molecular formula is C20H22Cl2N2S2. The fourth-order valence-corrected chi connectivity index (χ4v) is 6.12. The lowest BCUT2D eigenvalue weighted by atomic mass is 10.00. The molecule has 138 valence electrons. The van der Waals surface area contributed by atoms with Crippen LogP contribution in [0.4, 0.5) is 5.69 Å². The van der Waals surface area contributed by atoms with Gasteiger partial charge in [0.15, 0.2) is 0 Å². The van der Waals surface area contributed by atoms with Crippen molar-refractivity contribution in [3.05, 3.63) is 59.0 Å². The second-order valence-corrected chi connectivity index (χ2v) is 8.67. The number of thiophene rings is 1. The van der Waals surface area contributed by atoms with Crippen LogP contribution in [0.5, 0.6) is 0 Å². The second-order valence-electron chi connectivity index (χ2n) is 6.48. The molecule has 2 aromatic carbocycles. The Bertz CT molecular complexity index is 890. The number of thioether (sulfide) groups is 1. The minimum absolute atomic E-state index is 0. The van der Waals surface area contributed by atoms with Crippen LogP contribution in [0.15, 0.2) is 52.7 Å². The molecule has 1 atom stereocenters. The summed E-state index contributed by atoms with van der Waals surface area (Å²) in [4.78, 5) is 4.03. The highest BCUT2D eigenvalue weighted by Gasteiger charge is 2.28. The number of hydrogen-bond donors (Lipinski definition) is 1. The Kier molecular flexibility index (Phi) is 6.41. The van der Waals surface area contributed by atoms with Crippen molar-refractivity contribution >= 4 is 63.7 Å². The normalized spacial score (nSPS) is 18.9. The van der Waals surface area contributed by atoms with Gasteiger partial charge in [0.1, 0.15) is 0 Å². The third-order valence-corrected chi connectivity index (χ3v) is 7.32. The number of nitrogens with zero attached hydrogens (tertiary/aromatic N) is 1.